The summed E-state index contributed by atoms with van der Waals surface area (Å²) in [6.45, 7) is 1.53. The molecule has 0 aliphatic rings. The van der Waals surface area contributed by atoms with Crippen LogP contribution in [0.3, 0.4) is 0 Å². The van der Waals surface area contributed by atoms with E-state index in [0.29, 0.717) is 25.3 Å². The van der Waals surface area contributed by atoms with Gasteiger partial charge in [-0.1, -0.05) is 30.3 Å². The summed E-state index contributed by atoms with van der Waals surface area (Å²) >= 11 is 0. The number of nitrogens with one attached hydrogen (secondary N) is 1. The second-order valence-electron chi connectivity index (χ2n) is 4.75. The minimum absolute atomic E-state index is 0.298. The van der Waals surface area contributed by atoms with Crippen molar-refractivity contribution in [1.29, 1.82) is 0 Å². The molecular formula is C16H19NO4. The molecule has 0 heterocycles. The minimum atomic E-state index is -0.492. The maximum atomic E-state index is 9.74. The fraction of sp³-hybridized carbons (Fsp3) is 0.250. The lowest BCUT2D eigenvalue weighted by Gasteiger charge is -2.11. The zero-order valence-electron chi connectivity index (χ0n) is 11.8. The van der Waals surface area contributed by atoms with Crippen molar-refractivity contribution in [3.8, 4) is 17.2 Å². The van der Waals surface area contributed by atoms with E-state index in [1.54, 1.807) is 13.2 Å². The highest BCUT2D eigenvalue weighted by atomic mass is 16.5. The number of ether oxygens (including phenoxy) is 1. The molecule has 0 saturated heterocycles. The first-order valence-electron chi connectivity index (χ1n) is 6.62. The summed E-state index contributed by atoms with van der Waals surface area (Å²) < 4.78 is 5.15. The predicted molar refractivity (Wildman–Crippen MR) is 79.1 cm³/mol. The summed E-state index contributed by atoms with van der Waals surface area (Å²) in [7, 11) is 1.65. The molecule has 0 bridgehead atoms. The maximum Gasteiger partial charge on any atom is 0.200 e. The van der Waals surface area contributed by atoms with Gasteiger partial charge < -0.3 is 25.4 Å². The van der Waals surface area contributed by atoms with Gasteiger partial charge in [-0.05, 0) is 17.2 Å². The van der Waals surface area contributed by atoms with Gasteiger partial charge in [0.15, 0.2) is 11.5 Å². The first-order valence-corrected chi connectivity index (χ1v) is 6.62. The molecule has 2 aromatic carbocycles. The van der Waals surface area contributed by atoms with Gasteiger partial charge in [0.1, 0.15) is 0 Å². The molecule has 112 valence electrons. The Hall–Kier alpha value is -2.24. The van der Waals surface area contributed by atoms with Crippen LogP contribution in [0.25, 0.3) is 0 Å². The van der Waals surface area contributed by atoms with Crippen molar-refractivity contribution in [2.24, 2.45) is 0 Å². The normalized spacial score (nSPS) is 10.7. The monoisotopic (exact) mass is 289 g/mol. The van der Waals surface area contributed by atoms with E-state index in [0.717, 1.165) is 11.1 Å². The van der Waals surface area contributed by atoms with Crippen LogP contribution >= 0.6 is 0 Å². The molecule has 4 N–H and O–H groups in total. The highest BCUT2D eigenvalue weighted by molar-refractivity contribution is 5.53. The average molecular weight is 289 g/mol. The van der Waals surface area contributed by atoms with E-state index in [2.05, 4.69) is 5.32 Å². The fourth-order valence-electron chi connectivity index (χ4n) is 2.11. The molecule has 2 rings (SSSR count). The van der Waals surface area contributed by atoms with Crippen molar-refractivity contribution in [3.63, 3.8) is 0 Å². The summed E-state index contributed by atoms with van der Waals surface area (Å²) in [5.74, 6) is -1.12. The first kappa shape index (κ1) is 15.2. The summed E-state index contributed by atoms with van der Waals surface area (Å²) in [5.41, 5.74) is 2.74. The van der Waals surface area contributed by atoms with Gasteiger partial charge in [-0.2, -0.15) is 0 Å². The molecule has 2 aromatic rings. The minimum Gasteiger partial charge on any atom is -0.504 e. The number of hydrogen-bond acceptors (Lipinski definition) is 5. The van der Waals surface area contributed by atoms with Crippen LogP contribution in [0.1, 0.15) is 16.7 Å². The third-order valence-corrected chi connectivity index (χ3v) is 3.26. The quantitative estimate of drug-likeness (QED) is 0.613. The second kappa shape index (κ2) is 6.97. The number of hydrogen-bond donors (Lipinski definition) is 4. The zero-order valence-corrected chi connectivity index (χ0v) is 11.8. The molecule has 21 heavy (non-hydrogen) atoms. The number of benzene rings is 2. The molecule has 0 atom stereocenters. The molecule has 0 saturated carbocycles. The van der Waals surface area contributed by atoms with Crippen LogP contribution < -0.4 is 5.32 Å². The highest BCUT2D eigenvalue weighted by Crippen LogP contribution is 2.36. The molecular weight excluding hydrogens is 270 g/mol. The molecule has 0 aliphatic heterocycles. The molecule has 0 aliphatic carbocycles. The Morgan fingerprint density at radius 1 is 0.857 bits per heavy atom. The molecule has 5 nitrogen and oxygen atoms in total. The summed E-state index contributed by atoms with van der Waals surface area (Å²) in [6, 6.07) is 10.9. The van der Waals surface area contributed by atoms with Gasteiger partial charge in [-0.15, -0.1) is 0 Å². The molecule has 0 fully saturated rings. The van der Waals surface area contributed by atoms with Crippen molar-refractivity contribution in [2.75, 3.05) is 7.11 Å². The van der Waals surface area contributed by atoms with Gasteiger partial charge in [-0.25, -0.2) is 0 Å². The number of aromatic hydroxyl groups is 3. The zero-order chi connectivity index (χ0) is 15.2. The fourth-order valence-corrected chi connectivity index (χ4v) is 2.11. The van der Waals surface area contributed by atoms with Gasteiger partial charge in [0, 0.05) is 25.8 Å². The van der Waals surface area contributed by atoms with Crippen LogP contribution in [0.15, 0.2) is 36.4 Å². The largest absolute Gasteiger partial charge is 0.504 e. The molecule has 5 heteroatoms. The van der Waals surface area contributed by atoms with Crippen LogP contribution in [0.4, 0.5) is 0 Å². The number of rotatable bonds is 6. The topological polar surface area (TPSA) is 82.0 Å². The second-order valence-corrected chi connectivity index (χ2v) is 4.75. The third-order valence-electron chi connectivity index (χ3n) is 3.26. The number of phenolic OH excluding ortho intramolecular Hbond substituents is 3. The lowest BCUT2D eigenvalue weighted by atomic mass is 10.1. The molecule has 0 spiro atoms. The van der Waals surface area contributed by atoms with Crippen LogP contribution in [0, 0.1) is 0 Å². The SMILES string of the molecule is COCc1ccccc1CNCc1ccc(O)c(O)c1O. The maximum absolute atomic E-state index is 9.74. The Kier molecular flexibility index (Phi) is 5.03. The summed E-state index contributed by atoms with van der Waals surface area (Å²) in [6.07, 6.45) is 0. The van der Waals surface area contributed by atoms with Crippen molar-refractivity contribution in [2.45, 2.75) is 19.7 Å². The van der Waals surface area contributed by atoms with Gasteiger partial charge in [-0.3, -0.25) is 0 Å². The molecule has 0 radical (unpaired) electrons. The highest BCUT2D eigenvalue weighted by Gasteiger charge is 2.10. The molecule has 0 aromatic heterocycles. The Morgan fingerprint density at radius 2 is 1.52 bits per heavy atom. The standard InChI is InChI=1S/C16H19NO4/c1-21-10-13-5-3-2-4-11(13)8-17-9-12-6-7-14(18)16(20)15(12)19/h2-7,17-20H,8-10H2,1H3. The molecule has 0 amide bonds. The Morgan fingerprint density at radius 3 is 2.24 bits per heavy atom. The van der Waals surface area contributed by atoms with Crippen LogP contribution in [0.2, 0.25) is 0 Å². The van der Waals surface area contributed by atoms with E-state index in [1.165, 1.54) is 6.07 Å². The van der Waals surface area contributed by atoms with Crippen molar-refractivity contribution in [1.82, 2.24) is 5.32 Å². The van der Waals surface area contributed by atoms with E-state index in [1.807, 2.05) is 24.3 Å². The van der Waals surface area contributed by atoms with Crippen molar-refractivity contribution in [3.05, 3.63) is 53.1 Å². The lowest BCUT2D eigenvalue weighted by Crippen LogP contribution is -2.14. The van der Waals surface area contributed by atoms with Gasteiger partial charge in [0.25, 0.3) is 0 Å². The number of methoxy groups -OCH3 is 1. The van der Waals surface area contributed by atoms with Crippen molar-refractivity contribution >= 4 is 0 Å². The lowest BCUT2D eigenvalue weighted by molar-refractivity contribution is 0.184. The van der Waals surface area contributed by atoms with Gasteiger partial charge in [0.2, 0.25) is 5.75 Å². The van der Waals surface area contributed by atoms with E-state index < -0.39 is 5.75 Å². The third kappa shape index (κ3) is 3.65. The van der Waals surface area contributed by atoms with E-state index in [4.69, 9.17) is 4.74 Å². The average Bonchev–Trinajstić information content (AvgIpc) is 2.49. The van der Waals surface area contributed by atoms with E-state index >= 15 is 0 Å². The molecule has 0 unspecified atom stereocenters. The van der Waals surface area contributed by atoms with E-state index in [9.17, 15) is 15.3 Å². The Balaban J connectivity index is 2.01. The number of phenols is 3. The van der Waals surface area contributed by atoms with Gasteiger partial charge in [0.05, 0.1) is 6.61 Å². The Labute approximate surface area is 123 Å². The smallest absolute Gasteiger partial charge is 0.200 e. The first-order chi connectivity index (χ1) is 10.1. The van der Waals surface area contributed by atoms with E-state index in [-0.39, 0.29) is 11.5 Å². The van der Waals surface area contributed by atoms with Crippen LogP contribution in [0.5, 0.6) is 17.2 Å². The van der Waals surface area contributed by atoms with Gasteiger partial charge >= 0.3 is 0 Å². The van der Waals surface area contributed by atoms with Crippen molar-refractivity contribution < 1.29 is 20.1 Å². The summed E-state index contributed by atoms with van der Waals surface area (Å²) in [4.78, 5) is 0. The van der Waals surface area contributed by atoms with Crippen LogP contribution in [-0.4, -0.2) is 22.4 Å². The van der Waals surface area contributed by atoms with Crippen LogP contribution in [-0.2, 0) is 24.4 Å². The predicted octanol–water partition coefficient (Wildman–Crippen LogP) is 2.24. The Bertz CT molecular complexity index is 613. The summed E-state index contributed by atoms with van der Waals surface area (Å²) in [5, 5.41) is 31.7.